The third kappa shape index (κ3) is 3.25. The zero-order valence-corrected chi connectivity index (χ0v) is 9.75. The van der Waals surface area contributed by atoms with Gasteiger partial charge in [0.25, 0.3) is 0 Å². The van der Waals surface area contributed by atoms with Crippen molar-refractivity contribution in [2.75, 3.05) is 13.2 Å². The molecular weight excluding hydrogens is 176 g/mol. The van der Waals surface area contributed by atoms with Gasteiger partial charge in [-0.3, -0.25) is 0 Å². The standard InChI is InChI=1S/C12H24O2/c1-4-12(2,3)11(13)9-10-5-7-14-8-6-10/h10-11,13H,4-9H2,1-3H3. The Hall–Kier alpha value is -0.0800. The molecule has 1 fully saturated rings. The molecule has 1 aliphatic heterocycles. The highest BCUT2D eigenvalue weighted by molar-refractivity contribution is 4.79. The SMILES string of the molecule is CCC(C)(C)C(O)CC1CCOCC1. The number of hydrogen-bond acceptors (Lipinski definition) is 2. The van der Waals surface area contributed by atoms with Gasteiger partial charge in [0.1, 0.15) is 0 Å². The maximum atomic E-state index is 10.1. The fourth-order valence-electron chi connectivity index (χ4n) is 1.85. The van der Waals surface area contributed by atoms with E-state index in [-0.39, 0.29) is 11.5 Å². The molecule has 0 saturated carbocycles. The third-order valence-electron chi connectivity index (χ3n) is 3.71. The molecule has 0 aliphatic carbocycles. The summed E-state index contributed by atoms with van der Waals surface area (Å²) in [6.45, 7) is 8.20. The second kappa shape index (κ2) is 5.13. The first-order chi connectivity index (χ1) is 6.56. The Morgan fingerprint density at radius 1 is 1.36 bits per heavy atom. The maximum absolute atomic E-state index is 10.1. The first-order valence-corrected chi connectivity index (χ1v) is 5.82. The van der Waals surface area contributed by atoms with Crippen molar-refractivity contribution in [1.82, 2.24) is 0 Å². The lowest BCUT2D eigenvalue weighted by atomic mass is 9.78. The number of aliphatic hydroxyl groups excluding tert-OH is 1. The monoisotopic (exact) mass is 200 g/mol. The molecule has 1 aliphatic rings. The number of hydrogen-bond donors (Lipinski definition) is 1. The minimum absolute atomic E-state index is 0.0678. The van der Waals surface area contributed by atoms with Crippen molar-refractivity contribution >= 4 is 0 Å². The lowest BCUT2D eigenvalue weighted by Gasteiger charge is -2.33. The maximum Gasteiger partial charge on any atom is 0.0593 e. The Morgan fingerprint density at radius 2 is 1.93 bits per heavy atom. The fraction of sp³-hybridized carbons (Fsp3) is 1.00. The van der Waals surface area contributed by atoms with E-state index in [1.54, 1.807) is 0 Å². The van der Waals surface area contributed by atoms with Gasteiger partial charge < -0.3 is 9.84 Å². The molecule has 0 aromatic rings. The molecule has 0 amide bonds. The van der Waals surface area contributed by atoms with Gasteiger partial charge in [-0.05, 0) is 37.0 Å². The van der Waals surface area contributed by atoms with E-state index in [2.05, 4.69) is 20.8 Å². The van der Waals surface area contributed by atoms with Crippen LogP contribution in [-0.2, 0) is 4.74 Å². The predicted octanol–water partition coefficient (Wildman–Crippen LogP) is 2.60. The van der Waals surface area contributed by atoms with E-state index in [4.69, 9.17) is 4.74 Å². The molecule has 2 nitrogen and oxygen atoms in total. The van der Waals surface area contributed by atoms with Crippen molar-refractivity contribution in [3.8, 4) is 0 Å². The van der Waals surface area contributed by atoms with Gasteiger partial charge in [-0.15, -0.1) is 0 Å². The Kier molecular flexibility index (Phi) is 4.39. The van der Waals surface area contributed by atoms with Crippen LogP contribution in [0.25, 0.3) is 0 Å². The molecule has 0 aromatic carbocycles. The zero-order chi connectivity index (χ0) is 10.6. The van der Waals surface area contributed by atoms with E-state index >= 15 is 0 Å². The summed E-state index contributed by atoms with van der Waals surface area (Å²) < 4.78 is 5.31. The summed E-state index contributed by atoms with van der Waals surface area (Å²) in [5.41, 5.74) is 0.0678. The lowest BCUT2D eigenvalue weighted by molar-refractivity contribution is -0.000111. The molecule has 1 rings (SSSR count). The molecule has 0 radical (unpaired) electrons. The van der Waals surface area contributed by atoms with Gasteiger partial charge in [-0.2, -0.15) is 0 Å². The lowest BCUT2D eigenvalue weighted by Crippen LogP contribution is -2.32. The first-order valence-electron chi connectivity index (χ1n) is 5.82. The van der Waals surface area contributed by atoms with Crippen LogP contribution in [0.2, 0.25) is 0 Å². The summed E-state index contributed by atoms with van der Waals surface area (Å²) in [5.74, 6) is 0.671. The van der Waals surface area contributed by atoms with Crippen molar-refractivity contribution < 1.29 is 9.84 Å². The van der Waals surface area contributed by atoms with Crippen LogP contribution < -0.4 is 0 Å². The van der Waals surface area contributed by atoms with Crippen LogP contribution in [0.4, 0.5) is 0 Å². The smallest absolute Gasteiger partial charge is 0.0593 e. The molecule has 14 heavy (non-hydrogen) atoms. The topological polar surface area (TPSA) is 29.5 Å². The molecule has 0 bridgehead atoms. The molecule has 1 saturated heterocycles. The highest BCUT2D eigenvalue weighted by atomic mass is 16.5. The minimum atomic E-state index is -0.157. The molecule has 1 N–H and O–H groups in total. The Morgan fingerprint density at radius 3 is 2.43 bits per heavy atom. The first kappa shape index (κ1) is 12.0. The largest absolute Gasteiger partial charge is 0.393 e. The van der Waals surface area contributed by atoms with Gasteiger partial charge in [0.15, 0.2) is 0 Å². The minimum Gasteiger partial charge on any atom is -0.393 e. The Labute approximate surface area is 87.7 Å². The summed E-state index contributed by atoms with van der Waals surface area (Å²) in [6.07, 6.45) is 4.07. The number of aliphatic hydroxyl groups is 1. The van der Waals surface area contributed by atoms with Crippen LogP contribution in [0, 0.1) is 11.3 Å². The van der Waals surface area contributed by atoms with E-state index in [0.29, 0.717) is 5.92 Å². The van der Waals surface area contributed by atoms with Gasteiger partial charge in [0.05, 0.1) is 6.10 Å². The number of rotatable bonds is 4. The fourth-order valence-corrected chi connectivity index (χ4v) is 1.85. The molecule has 1 heterocycles. The van der Waals surface area contributed by atoms with Crippen LogP contribution >= 0.6 is 0 Å². The summed E-state index contributed by atoms with van der Waals surface area (Å²) in [7, 11) is 0. The van der Waals surface area contributed by atoms with Crippen molar-refractivity contribution in [2.24, 2.45) is 11.3 Å². The van der Waals surface area contributed by atoms with Crippen LogP contribution in [-0.4, -0.2) is 24.4 Å². The van der Waals surface area contributed by atoms with E-state index < -0.39 is 0 Å². The van der Waals surface area contributed by atoms with Crippen molar-refractivity contribution in [3.05, 3.63) is 0 Å². The van der Waals surface area contributed by atoms with Gasteiger partial charge in [0.2, 0.25) is 0 Å². The summed E-state index contributed by atoms with van der Waals surface area (Å²) in [6, 6.07) is 0. The molecule has 1 unspecified atom stereocenters. The average molecular weight is 200 g/mol. The quantitative estimate of drug-likeness (QED) is 0.756. The molecule has 2 heteroatoms. The van der Waals surface area contributed by atoms with Crippen LogP contribution in [0.15, 0.2) is 0 Å². The summed E-state index contributed by atoms with van der Waals surface area (Å²) in [4.78, 5) is 0. The molecule has 0 spiro atoms. The van der Waals surface area contributed by atoms with Gasteiger partial charge >= 0.3 is 0 Å². The highest BCUT2D eigenvalue weighted by Gasteiger charge is 2.28. The predicted molar refractivity (Wildman–Crippen MR) is 58.2 cm³/mol. The molecule has 0 aromatic heterocycles. The van der Waals surface area contributed by atoms with Crippen LogP contribution in [0.1, 0.15) is 46.5 Å². The van der Waals surface area contributed by atoms with E-state index in [9.17, 15) is 5.11 Å². The van der Waals surface area contributed by atoms with E-state index in [0.717, 1.165) is 38.9 Å². The Balaban J connectivity index is 2.34. The highest BCUT2D eigenvalue weighted by Crippen LogP contribution is 2.31. The molecule has 84 valence electrons. The van der Waals surface area contributed by atoms with Gasteiger partial charge in [0, 0.05) is 13.2 Å². The normalized spacial score (nSPS) is 22.3. The van der Waals surface area contributed by atoms with Crippen LogP contribution in [0.5, 0.6) is 0 Å². The third-order valence-corrected chi connectivity index (χ3v) is 3.71. The second-order valence-electron chi connectivity index (χ2n) is 5.15. The molecule has 1 atom stereocenters. The van der Waals surface area contributed by atoms with Crippen molar-refractivity contribution in [3.63, 3.8) is 0 Å². The van der Waals surface area contributed by atoms with E-state index in [1.165, 1.54) is 0 Å². The molecular formula is C12H24O2. The average Bonchev–Trinajstić information content (AvgIpc) is 2.19. The van der Waals surface area contributed by atoms with Gasteiger partial charge in [-0.25, -0.2) is 0 Å². The Bertz CT molecular complexity index is 160. The van der Waals surface area contributed by atoms with Gasteiger partial charge in [-0.1, -0.05) is 20.8 Å². The summed E-state index contributed by atoms with van der Waals surface area (Å²) in [5, 5.41) is 10.1. The van der Waals surface area contributed by atoms with Crippen molar-refractivity contribution in [1.29, 1.82) is 0 Å². The second-order valence-corrected chi connectivity index (χ2v) is 5.15. The van der Waals surface area contributed by atoms with E-state index in [1.807, 2.05) is 0 Å². The van der Waals surface area contributed by atoms with Crippen molar-refractivity contribution in [2.45, 2.75) is 52.6 Å². The summed E-state index contributed by atoms with van der Waals surface area (Å²) >= 11 is 0. The van der Waals surface area contributed by atoms with Crippen LogP contribution in [0.3, 0.4) is 0 Å². The zero-order valence-electron chi connectivity index (χ0n) is 9.75. The number of ether oxygens (including phenoxy) is 1.